The summed E-state index contributed by atoms with van der Waals surface area (Å²) in [5, 5.41) is 13.9. The topological polar surface area (TPSA) is 32.3 Å². The lowest BCUT2D eigenvalue weighted by Gasteiger charge is -2.11. The van der Waals surface area contributed by atoms with Crippen LogP contribution in [0.2, 0.25) is 0 Å². The average Bonchev–Trinajstić information content (AvgIpc) is 2.52. The van der Waals surface area contributed by atoms with Crippen molar-refractivity contribution >= 4 is 11.3 Å². The molecule has 0 aromatic carbocycles. The van der Waals surface area contributed by atoms with Gasteiger partial charge in [-0.1, -0.05) is 6.07 Å². The van der Waals surface area contributed by atoms with Gasteiger partial charge in [-0.25, -0.2) is 0 Å². The molecule has 0 fully saturated rings. The highest BCUT2D eigenvalue weighted by atomic mass is 32.1. The fourth-order valence-corrected chi connectivity index (χ4v) is 1.92. The van der Waals surface area contributed by atoms with Crippen molar-refractivity contribution in [3.8, 4) is 0 Å². The minimum absolute atomic E-state index is 0.239. The highest BCUT2D eigenvalue weighted by Gasteiger charge is 2.07. The van der Waals surface area contributed by atoms with Gasteiger partial charge in [0, 0.05) is 17.5 Å². The Bertz CT molecular complexity index is 186. The molecule has 0 aliphatic heterocycles. The quantitative estimate of drug-likeness (QED) is 0.717. The maximum atomic E-state index is 8.73. The highest BCUT2D eigenvalue weighted by Crippen LogP contribution is 2.20. The molecule has 0 aliphatic carbocycles. The van der Waals surface area contributed by atoms with Crippen molar-refractivity contribution < 1.29 is 5.11 Å². The van der Waals surface area contributed by atoms with Gasteiger partial charge in [0.1, 0.15) is 0 Å². The van der Waals surface area contributed by atoms with Crippen molar-refractivity contribution in [3.05, 3.63) is 22.4 Å². The van der Waals surface area contributed by atoms with Gasteiger partial charge in [-0.2, -0.15) is 0 Å². The van der Waals surface area contributed by atoms with Crippen LogP contribution in [0.1, 0.15) is 17.3 Å². The first-order chi connectivity index (χ1) is 5.38. The van der Waals surface area contributed by atoms with Gasteiger partial charge in [0.2, 0.25) is 0 Å². The Morgan fingerprint density at radius 1 is 1.73 bits per heavy atom. The highest BCUT2D eigenvalue weighted by molar-refractivity contribution is 7.10. The molecular weight excluding hydrogens is 158 g/mol. The van der Waals surface area contributed by atoms with Crippen molar-refractivity contribution in [2.45, 2.75) is 12.5 Å². The van der Waals surface area contributed by atoms with Crippen molar-refractivity contribution in [3.63, 3.8) is 0 Å². The number of aliphatic hydroxyl groups is 1. The monoisotopic (exact) mass is 171 g/mol. The van der Waals surface area contributed by atoms with Crippen LogP contribution in [-0.4, -0.2) is 18.8 Å². The van der Waals surface area contributed by atoms with E-state index >= 15 is 0 Å². The normalized spacial score (nSPS) is 13.3. The molecule has 3 heteroatoms. The first kappa shape index (κ1) is 8.71. The van der Waals surface area contributed by atoms with Crippen LogP contribution in [0, 0.1) is 0 Å². The molecule has 0 bridgehead atoms. The van der Waals surface area contributed by atoms with Gasteiger partial charge < -0.3 is 10.4 Å². The predicted octanol–water partition coefficient (Wildman–Crippen LogP) is 1.39. The Labute approximate surface area is 70.9 Å². The van der Waals surface area contributed by atoms with Gasteiger partial charge >= 0.3 is 0 Å². The number of hydrogen-bond acceptors (Lipinski definition) is 3. The van der Waals surface area contributed by atoms with Crippen molar-refractivity contribution in [2.75, 3.05) is 13.7 Å². The van der Waals surface area contributed by atoms with Gasteiger partial charge in [0.05, 0.1) is 0 Å². The Balaban J connectivity index is 2.56. The van der Waals surface area contributed by atoms with Crippen LogP contribution in [0.5, 0.6) is 0 Å². The van der Waals surface area contributed by atoms with E-state index in [-0.39, 0.29) is 6.61 Å². The van der Waals surface area contributed by atoms with E-state index in [4.69, 9.17) is 5.11 Å². The Hall–Kier alpha value is -0.380. The van der Waals surface area contributed by atoms with Gasteiger partial charge in [0.15, 0.2) is 0 Å². The number of rotatable bonds is 4. The third-order valence-electron chi connectivity index (χ3n) is 1.65. The minimum Gasteiger partial charge on any atom is -0.396 e. The summed E-state index contributed by atoms with van der Waals surface area (Å²) in [6, 6.07) is 4.43. The molecule has 62 valence electrons. The van der Waals surface area contributed by atoms with E-state index < -0.39 is 0 Å². The van der Waals surface area contributed by atoms with E-state index in [0.717, 1.165) is 6.42 Å². The first-order valence-corrected chi connectivity index (χ1v) is 4.58. The van der Waals surface area contributed by atoms with Crippen molar-refractivity contribution in [1.82, 2.24) is 5.32 Å². The second-order valence-electron chi connectivity index (χ2n) is 2.37. The second kappa shape index (κ2) is 4.49. The van der Waals surface area contributed by atoms with Crippen molar-refractivity contribution in [1.29, 1.82) is 0 Å². The maximum absolute atomic E-state index is 8.73. The summed E-state index contributed by atoms with van der Waals surface area (Å²) in [4.78, 5) is 1.29. The molecule has 1 aromatic heterocycles. The van der Waals surface area contributed by atoms with E-state index in [2.05, 4.69) is 16.8 Å². The van der Waals surface area contributed by atoms with Crippen LogP contribution >= 0.6 is 11.3 Å². The fourth-order valence-electron chi connectivity index (χ4n) is 1.05. The van der Waals surface area contributed by atoms with Crippen LogP contribution in [0.15, 0.2) is 17.5 Å². The molecule has 1 heterocycles. The number of aliphatic hydroxyl groups excluding tert-OH is 1. The van der Waals surface area contributed by atoms with Crippen molar-refractivity contribution in [2.24, 2.45) is 0 Å². The Morgan fingerprint density at radius 2 is 2.55 bits per heavy atom. The van der Waals surface area contributed by atoms with E-state index in [1.807, 2.05) is 13.1 Å². The van der Waals surface area contributed by atoms with Gasteiger partial charge in [0.25, 0.3) is 0 Å². The van der Waals surface area contributed by atoms with Crippen LogP contribution in [0.25, 0.3) is 0 Å². The molecule has 1 atom stereocenters. The zero-order valence-electron chi connectivity index (χ0n) is 6.58. The van der Waals surface area contributed by atoms with E-state index in [9.17, 15) is 0 Å². The largest absolute Gasteiger partial charge is 0.396 e. The molecule has 0 radical (unpaired) electrons. The van der Waals surface area contributed by atoms with Gasteiger partial charge in [-0.3, -0.25) is 0 Å². The van der Waals surface area contributed by atoms with Gasteiger partial charge in [-0.15, -0.1) is 11.3 Å². The molecule has 2 N–H and O–H groups in total. The third kappa shape index (κ3) is 2.29. The molecular formula is C8H13NOS. The molecule has 2 nitrogen and oxygen atoms in total. The maximum Gasteiger partial charge on any atom is 0.0449 e. The van der Waals surface area contributed by atoms with Gasteiger partial charge in [-0.05, 0) is 24.9 Å². The average molecular weight is 171 g/mol. The van der Waals surface area contributed by atoms with E-state index in [1.165, 1.54) is 4.88 Å². The molecule has 1 rings (SSSR count). The summed E-state index contributed by atoms with van der Waals surface area (Å²) >= 11 is 1.72. The number of nitrogens with one attached hydrogen (secondary N) is 1. The summed E-state index contributed by atoms with van der Waals surface area (Å²) in [6.45, 7) is 0.239. The zero-order valence-corrected chi connectivity index (χ0v) is 7.40. The summed E-state index contributed by atoms with van der Waals surface area (Å²) in [5.74, 6) is 0. The minimum atomic E-state index is 0.239. The lowest BCUT2D eigenvalue weighted by molar-refractivity contribution is 0.269. The zero-order chi connectivity index (χ0) is 8.10. The first-order valence-electron chi connectivity index (χ1n) is 3.70. The molecule has 0 amide bonds. The standard InChI is InChI=1S/C8H13NOS/c1-9-7(4-5-10)8-3-2-6-11-8/h2-3,6-7,9-10H,4-5H2,1H3/t7-/m1/s1. The molecule has 0 unspecified atom stereocenters. The van der Waals surface area contributed by atoms with Crippen LogP contribution in [0.3, 0.4) is 0 Å². The van der Waals surface area contributed by atoms with E-state index in [1.54, 1.807) is 11.3 Å². The molecule has 0 spiro atoms. The number of hydrogen-bond donors (Lipinski definition) is 2. The molecule has 0 aliphatic rings. The molecule has 0 saturated heterocycles. The van der Waals surface area contributed by atoms with E-state index in [0.29, 0.717) is 6.04 Å². The molecule has 1 aromatic rings. The third-order valence-corrected chi connectivity index (χ3v) is 2.64. The fraction of sp³-hybridized carbons (Fsp3) is 0.500. The molecule has 0 saturated carbocycles. The SMILES string of the molecule is CN[C@H](CCO)c1cccs1. The molecule has 11 heavy (non-hydrogen) atoms. The Kier molecular flexibility index (Phi) is 3.56. The smallest absolute Gasteiger partial charge is 0.0449 e. The summed E-state index contributed by atoms with van der Waals surface area (Å²) in [6.07, 6.45) is 0.789. The second-order valence-corrected chi connectivity index (χ2v) is 3.35. The summed E-state index contributed by atoms with van der Waals surface area (Å²) < 4.78 is 0. The summed E-state index contributed by atoms with van der Waals surface area (Å²) in [7, 11) is 1.92. The van der Waals surface area contributed by atoms with Crippen LogP contribution < -0.4 is 5.32 Å². The predicted molar refractivity (Wildman–Crippen MR) is 47.8 cm³/mol. The Morgan fingerprint density at radius 3 is 3.00 bits per heavy atom. The lowest BCUT2D eigenvalue weighted by Crippen LogP contribution is -2.16. The van der Waals surface area contributed by atoms with Crippen LogP contribution in [-0.2, 0) is 0 Å². The summed E-state index contributed by atoms with van der Waals surface area (Å²) in [5.41, 5.74) is 0. The van der Waals surface area contributed by atoms with Crippen LogP contribution in [0.4, 0.5) is 0 Å². The number of thiophene rings is 1. The lowest BCUT2D eigenvalue weighted by atomic mass is 10.2.